The van der Waals surface area contributed by atoms with Gasteiger partial charge in [0.15, 0.2) is 9.84 Å². The molecule has 1 N–H and O–H groups in total. The van der Waals surface area contributed by atoms with Crippen molar-refractivity contribution in [3.63, 3.8) is 0 Å². The molecule has 1 fully saturated rings. The van der Waals surface area contributed by atoms with Crippen LogP contribution < -0.4 is 5.32 Å². The van der Waals surface area contributed by atoms with Crippen LogP contribution in [0, 0.1) is 5.92 Å². The fourth-order valence-electron chi connectivity index (χ4n) is 2.69. The zero-order valence-corrected chi connectivity index (χ0v) is 10.8. The summed E-state index contributed by atoms with van der Waals surface area (Å²) in [5.74, 6) is 0.610. The molecule has 90 valence electrons. The van der Waals surface area contributed by atoms with Gasteiger partial charge in [0.25, 0.3) is 0 Å². The lowest BCUT2D eigenvalue weighted by Crippen LogP contribution is -2.46. The van der Waals surface area contributed by atoms with Crippen molar-refractivity contribution >= 4 is 9.84 Å². The molecule has 0 aliphatic heterocycles. The second kappa shape index (κ2) is 5.30. The van der Waals surface area contributed by atoms with Crippen LogP contribution in [-0.2, 0) is 9.84 Å². The summed E-state index contributed by atoms with van der Waals surface area (Å²) in [6, 6.07) is 0.160. The van der Waals surface area contributed by atoms with Gasteiger partial charge in [-0.2, -0.15) is 0 Å². The molecule has 0 radical (unpaired) electrons. The maximum absolute atomic E-state index is 11.7. The van der Waals surface area contributed by atoms with Crippen LogP contribution in [0.4, 0.5) is 0 Å². The summed E-state index contributed by atoms with van der Waals surface area (Å²) in [6.07, 6.45) is 6.71. The van der Waals surface area contributed by atoms with Gasteiger partial charge < -0.3 is 5.32 Å². The Bertz CT molecular complexity index is 287. The standard InChI is InChI=1S/C11H23NO2S/c1-4-5-9-6-7-10(12-2)11(8-9)15(3,13)14/h9-12H,4-8H2,1-3H3. The Hall–Kier alpha value is -0.0900. The fraction of sp³-hybridized carbons (Fsp3) is 1.00. The Morgan fingerprint density at radius 2 is 2.00 bits per heavy atom. The zero-order chi connectivity index (χ0) is 11.5. The Morgan fingerprint density at radius 1 is 1.33 bits per heavy atom. The predicted octanol–water partition coefficient (Wildman–Crippen LogP) is 1.59. The summed E-state index contributed by atoms with van der Waals surface area (Å²) < 4.78 is 23.3. The van der Waals surface area contributed by atoms with E-state index in [2.05, 4.69) is 12.2 Å². The molecule has 1 rings (SSSR count). The topological polar surface area (TPSA) is 46.2 Å². The van der Waals surface area contributed by atoms with Crippen LogP contribution in [0.2, 0.25) is 0 Å². The molecule has 3 atom stereocenters. The molecule has 0 aromatic carbocycles. The molecule has 1 aliphatic carbocycles. The van der Waals surface area contributed by atoms with Gasteiger partial charge in [-0.25, -0.2) is 8.42 Å². The SMILES string of the molecule is CCCC1CCC(NC)C(S(C)(=O)=O)C1. The van der Waals surface area contributed by atoms with Crippen molar-refractivity contribution in [1.82, 2.24) is 5.32 Å². The number of hydrogen-bond donors (Lipinski definition) is 1. The fourth-order valence-corrected chi connectivity index (χ4v) is 4.18. The highest BCUT2D eigenvalue weighted by atomic mass is 32.2. The number of sulfone groups is 1. The summed E-state index contributed by atoms with van der Waals surface area (Å²) in [6.45, 7) is 2.17. The van der Waals surface area contributed by atoms with E-state index in [1.807, 2.05) is 7.05 Å². The quantitative estimate of drug-likeness (QED) is 0.802. The molecule has 3 unspecified atom stereocenters. The van der Waals surface area contributed by atoms with E-state index < -0.39 is 9.84 Å². The Kier molecular flexibility index (Phi) is 4.59. The molecular weight excluding hydrogens is 210 g/mol. The number of rotatable bonds is 4. The van der Waals surface area contributed by atoms with Gasteiger partial charge in [0.05, 0.1) is 5.25 Å². The summed E-state index contributed by atoms with van der Waals surface area (Å²) in [5, 5.41) is 2.97. The minimum atomic E-state index is -2.90. The summed E-state index contributed by atoms with van der Waals surface area (Å²) >= 11 is 0. The van der Waals surface area contributed by atoms with Gasteiger partial charge >= 0.3 is 0 Å². The predicted molar refractivity (Wildman–Crippen MR) is 63.7 cm³/mol. The summed E-state index contributed by atoms with van der Waals surface area (Å²) in [4.78, 5) is 0. The molecule has 0 heterocycles. The first-order valence-corrected chi connectivity index (χ1v) is 7.80. The van der Waals surface area contributed by atoms with Crippen LogP contribution in [0.25, 0.3) is 0 Å². The van der Waals surface area contributed by atoms with Gasteiger partial charge in [0.1, 0.15) is 0 Å². The van der Waals surface area contributed by atoms with E-state index in [4.69, 9.17) is 0 Å². The van der Waals surface area contributed by atoms with E-state index in [-0.39, 0.29) is 11.3 Å². The van der Waals surface area contributed by atoms with Crippen molar-refractivity contribution in [2.45, 2.75) is 50.3 Å². The minimum absolute atomic E-state index is 0.160. The third-order valence-electron chi connectivity index (χ3n) is 3.52. The molecule has 3 nitrogen and oxygen atoms in total. The molecular formula is C11H23NO2S. The van der Waals surface area contributed by atoms with E-state index in [1.54, 1.807) is 0 Å². The van der Waals surface area contributed by atoms with Crippen molar-refractivity contribution in [1.29, 1.82) is 0 Å². The number of nitrogens with one attached hydrogen (secondary N) is 1. The average molecular weight is 233 g/mol. The first-order chi connectivity index (χ1) is 6.99. The van der Waals surface area contributed by atoms with Crippen molar-refractivity contribution in [3.8, 4) is 0 Å². The first-order valence-electron chi connectivity index (χ1n) is 5.85. The Morgan fingerprint density at radius 3 is 2.47 bits per heavy atom. The van der Waals surface area contributed by atoms with E-state index in [0.717, 1.165) is 19.3 Å². The molecule has 1 saturated carbocycles. The third-order valence-corrected chi connectivity index (χ3v) is 5.14. The highest BCUT2D eigenvalue weighted by molar-refractivity contribution is 7.91. The average Bonchev–Trinajstić information content (AvgIpc) is 2.17. The number of hydrogen-bond acceptors (Lipinski definition) is 3. The molecule has 15 heavy (non-hydrogen) atoms. The molecule has 0 amide bonds. The molecule has 4 heteroatoms. The monoisotopic (exact) mass is 233 g/mol. The van der Waals surface area contributed by atoms with Crippen LogP contribution in [0.15, 0.2) is 0 Å². The Labute approximate surface area is 93.6 Å². The summed E-state index contributed by atoms with van der Waals surface area (Å²) in [7, 11) is -1.04. The minimum Gasteiger partial charge on any atom is -0.316 e. The normalized spacial score (nSPS) is 32.9. The van der Waals surface area contributed by atoms with Crippen molar-refractivity contribution in [3.05, 3.63) is 0 Å². The second-order valence-electron chi connectivity index (χ2n) is 4.73. The van der Waals surface area contributed by atoms with Gasteiger partial charge in [0.2, 0.25) is 0 Å². The largest absolute Gasteiger partial charge is 0.316 e. The lowest BCUT2D eigenvalue weighted by molar-refractivity contribution is 0.288. The zero-order valence-electron chi connectivity index (χ0n) is 9.99. The smallest absolute Gasteiger partial charge is 0.151 e. The third kappa shape index (κ3) is 3.45. The lowest BCUT2D eigenvalue weighted by atomic mass is 9.83. The van der Waals surface area contributed by atoms with Crippen LogP contribution >= 0.6 is 0 Å². The van der Waals surface area contributed by atoms with E-state index in [1.165, 1.54) is 19.1 Å². The van der Waals surface area contributed by atoms with Crippen LogP contribution in [-0.4, -0.2) is 33.0 Å². The maximum Gasteiger partial charge on any atom is 0.151 e. The summed E-state index contributed by atoms with van der Waals surface area (Å²) in [5.41, 5.74) is 0. The van der Waals surface area contributed by atoms with Gasteiger partial charge in [-0.1, -0.05) is 19.8 Å². The van der Waals surface area contributed by atoms with E-state index in [9.17, 15) is 8.42 Å². The van der Waals surface area contributed by atoms with Gasteiger partial charge in [0, 0.05) is 12.3 Å². The second-order valence-corrected chi connectivity index (χ2v) is 7.00. The highest BCUT2D eigenvalue weighted by Gasteiger charge is 2.35. The van der Waals surface area contributed by atoms with Crippen molar-refractivity contribution < 1.29 is 8.42 Å². The molecule has 0 saturated heterocycles. The first kappa shape index (κ1) is 13.0. The van der Waals surface area contributed by atoms with Crippen molar-refractivity contribution in [2.24, 2.45) is 5.92 Å². The molecule has 0 spiro atoms. The highest BCUT2D eigenvalue weighted by Crippen LogP contribution is 2.31. The van der Waals surface area contributed by atoms with Crippen LogP contribution in [0.5, 0.6) is 0 Å². The maximum atomic E-state index is 11.7. The van der Waals surface area contributed by atoms with E-state index in [0.29, 0.717) is 5.92 Å². The molecule has 0 bridgehead atoms. The van der Waals surface area contributed by atoms with Gasteiger partial charge in [-0.3, -0.25) is 0 Å². The lowest BCUT2D eigenvalue weighted by Gasteiger charge is -2.34. The van der Waals surface area contributed by atoms with Gasteiger partial charge in [-0.15, -0.1) is 0 Å². The molecule has 0 aromatic heterocycles. The van der Waals surface area contributed by atoms with Crippen molar-refractivity contribution in [2.75, 3.05) is 13.3 Å². The molecule has 1 aliphatic rings. The molecule has 0 aromatic rings. The van der Waals surface area contributed by atoms with Gasteiger partial charge in [-0.05, 0) is 32.2 Å². The van der Waals surface area contributed by atoms with Crippen LogP contribution in [0.3, 0.4) is 0 Å². The van der Waals surface area contributed by atoms with Crippen LogP contribution in [0.1, 0.15) is 39.0 Å². The van der Waals surface area contributed by atoms with E-state index >= 15 is 0 Å². The Balaban J connectivity index is 2.70.